The molecule has 1 aromatic rings. The molecule has 0 radical (unpaired) electrons. The van der Waals surface area contributed by atoms with Crippen LogP contribution in [0.25, 0.3) is 0 Å². The van der Waals surface area contributed by atoms with Crippen molar-refractivity contribution in [2.45, 2.75) is 57.6 Å². The summed E-state index contributed by atoms with van der Waals surface area (Å²) in [6.07, 6.45) is 4.96. The van der Waals surface area contributed by atoms with Gasteiger partial charge in [-0.25, -0.2) is 0 Å². The standard InChI is InChI=1S/C22H32N2O4S/c1-16(25)20-10-17(14-29-20)11-21(27)23-6-4-22(5-7-23)12-19(26)13-24(15-22)18-2-8-28-9-3-18/h10,14,18-19,26H,2-9,11-13,15H2,1H3. The molecule has 1 unspecified atom stereocenters. The zero-order valence-electron chi connectivity index (χ0n) is 17.3. The Labute approximate surface area is 176 Å². The van der Waals surface area contributed by atoms with E-state index >= 15 is 0 Å². The minimum atomic E-state index is -0.273. The van der Waals surface area contributed by atoms with E-state index in [0.717, 1.165) is 81.9 Å². The molecular formula is C22H32N2O4S. The highest BCUT2D eigenvalue weighted by atomic mass is 32.1. The molecule has 1 amide bonds. The second-order valence-electron chi connectivity index (χ2n) is 9.06. The number of likely N-dealkylation sites (tertiary alicyclic amines) is 2. The van der Waals surface area contributed by atoms with Crippen LogP contribution in [0.15, 0.2) is 11.4 Å². The highest BCUT2D eigenvalue weighted by Gasteiger charge is 2.43. The highest BCUT2D eigenvalue weighted by Crippen LogP contribution is 2.41. The number of ketones is 1. The van der Waals surface area contributed by atoms with E-state index < -0.39 is 0 Å². The van der Waals surface area contributed by atoms with Gasteiger partial charge in [0.15, 0.2) is 5.78 Å². The SMILES string of the molecule is CC(=O)c1cc(CC(=O)N2CCC3(CC2)CC(O)CN(C2CCOCC2)C3)cs1. The van der Waals surface area contributed by atoms with Gasteiger partial charge in [-0.15, -0.1) is 11.3 Å². The van der Waals surface area contributed by atoms with E-state index in [0.29, 0.717) is 12.5 Å². The number of amides is 1. The number of hydrogen-bond donors (Lipinski definition) is 1. The monoisotopic (exact) mass is 420 g/mol. The number of rotatable bonds is 4. The zero-order chi connectivity index (χ0) is 20.4. The van der Waals surface area contributed by atoms with Crippen molar-refractivity contribution in [1.82, 2.24) is 9.80 Å². The number of piperidine rings is 2. The molecule has 3 saturated heterocycles. The van der Waals surface area contributed by atoms with Gasteiger partial charge in [-0.05, 0) is 61.5 Å². The third kappa shape index (κ3) is 4.90. The third-order valence-electron chi connectivity index (χ3n) is 6.89. The minimum Gasteiger partial charge on any atom is -0.392 e. The fourth-order valence-corrected chi connectivity index (χ4v) is 6.07. The van der Waals surface area contributed by atoms with E-state index in [9.17, 15) is 14.7 Å². The molecule has 3 fully saturated rings. The second-order valence-corrected chi connectivity index (χ2v) is 9.98. The Kier molecular flexibility index (Phi) is 6.39. The maximum absolute atomic E-state index is 12.8. The zero-order valence-corrected chi connectivity index (χ0v) is 18.1. The molecule has 0 saturated carbocycles. The lowest BCUT2D eigenvalue weighted by molar-refractivity contribution is -0.135. The molecule has 4 heterocycles. The molecule has 0 aliphatic carbocycles. The fourth-order valence-electron chi connectivity index (χ4n) is 5.26. The van der Waals surface area contributed by atoms with E-state index in [2.05, 4.69) is 4.90 Å². The molecule has 4 rings (SSSR count). The van der Waals surface area contributed by atoms with Crippen LogP contribution in [0.2, 0.25) is 0 Å². The van der Waals surface area contributed by atoms with Crippen molar-refractivity contribution in [1.29, 1.82) is 0 Å². The van der Waals surface area contributed by atoms with Gasteiger partial charge in [0, 0.05) is 45.4 Å². The molecule has 3 aliphatic rings. The van der Waals surface area contributed by atoms with Crippen molar-refractivity contribution >= 4 is 23.0 Å². The van der Waals surface area contributed by atoms with Crippen LogP contribution in [0.1, 0.15) is 54.3 Å². The van der Waals surface area contributed by atoms with Gasteiger partial charge < -0.3 is 14.7 Å². The summed E-state index contributed by atoms with van der Waals surface area (Å²) in [6, 6.07) is 2.36. The number of nitrogens with zero attached hydrogens (tertiary/aromatic N) is 2. The first kappa shape index (κ1) is 21.0. The predicted molar refractivity (Wildman–Crippen MR) is 112 cm³/mol. The Hall–Kier alpha value is -1.28. The van der Waals surface area contributed by atoms with Gasteiger partial charge in [-0.3, -0.25) is 14.5 Å². The fraction of sp³-hybridized carbons (Fsp3) is 0.727. The van der Waals surface area contributed by atoms with Crippen molar-refractivity contribution in [3.05, 3.63) is 21.9 Å². The molecule has 3 aliphatic heterocycles. The second kappa shape index (κ2) is 8.84. The molecule has 1 spiro atoms. The third-order valence-corrected chi connectivity index (χ3v) is 7.97. The number of Topliss-reactive ketones (excluding diaryl/α,β-unsaturated/α-hetero) is 1. The number of hydrogen-bond acceptors (Lipinski definition) is 6. The van der Waals surface area contributed by atoms with Crippen LogP contribution in [-0.2, 0) is 16.0 Å². The van der Waals surface area contributed by atoms with Crippen LogP contribution in [0.3, 0.4) is 0 Å². The summed E-state index contributed by atoms with van der Waals surface area (Å²) >= 11 is 1.42. The van der Waals surface area contributed by atoms with Crippen molar-refractivity contribution in [2.24, 2.45) is 5.41 Å². The van der Waals surface area contributed by atoms with Gasteiger partial charge >= 0.3 is 0 Å². The average molecular weight is 421 g/mol. The number of carbonyl (C=O) groups excluding carboxylic acids is 2. The van der Waals surface area contributed by atoms with Crippen LogP contribution >= 0.6 is 11.3 Å². The lowest BCUT2D eigenvalue weighted by Gasteiger charge is -2.51. The number of carbonyl (C=O) groups is 2. The van der Waals surface area contributed by atoms with Gasteiger partial charge in [0.1, 0.15) is 0 Å². The quantitative estimate of drug-likeness (QED) is 0.757. The summed E-state index contributed by atoms with van der Waals surface area (Å²) in [5.74, 6) is 0.198. The summed E-state index contributed by atoms with van der Waals surface area (Å²) in [5.41, 5.74) is 1.06. The van der Waals surface area contributed by atoms with E-state index in [-0.39, 0.29) is 23.2 Å². The summed E-state index contributed by atoms with van der Waals surface area (Å²) in [6.45, 7) is 6.52. The Bertz CT molecular complexity index is 735. The Morgan fingerprint density at radius 2 is 2.00 bits per heavy atom. The summed E-state index contributed by atoms with van der Waals surface area (Å²) in [4.78, 5) is 29.4. The molecule has 1 aromatic heterocycles. The predicted octanol–water partition coefficient (Wildman–Crippen LogP) is 2.35. The van der Waals surface area contributed by atoms with Crippen LogP contribution in [0, 0.1) is 5.41 Å². The van der Waals surface area contributed by atoms with Crippen molar-refractivity contribution in [3.8, 4) is 0 Å². The smallest absolute Gasteiger partial charge is 0.227 e. The molecule has 1 atom stereocenters. The van der Waals surface area contributed by atoms with E-state index in [1.807, 2.05) is 16.3 Å². The first-order valence-corrected chi connectivity index (χ1v) is 11.7. The summed E-state index contributed by atoms with van der Waals surface area (Å²) in [5, 5.41) is 12.5. The topological polar surface area (TPSA) is 70.1 Å². The molecule has 0 bridgehead atoms. The molecule has 0 aromatic carbocycles. The van der Waals surface area contributed by atoms with Crippen LogP contribution in [0.4, 0.5) is 0 Å². The lowest BCUT2D eigenvalue weighted by atomic mass is 9.71. The number of ether oxygens (including phenoxy) is 1. The average Bonchev–Trinajstić information content (AvgIpc) is 3.17. The van der Waals surface area contributed by atoms with Gasteiger partial charge in [0.25, 0.3) is 0 Å². The van der Waals surface area contributed by atoms with Crippen molar-refractivity contribution in [3.63, 3.8) is 0 Å². The maximum atomic E-state index is 12.8. The number of aliphatic hydroxyl groups excluding tert-OH is 1. The van der Waals surface area contributed by atoms with E-state index in [1.165, 1.54) is 11.3 Å². The van der Waals surface area contributed by atoms with Gasteiger partial charge in [-0.1, -0.05) is 0 Å². The summed E-state index contributed by atoms with van der Waals surface area (Å²) < 4.78 is 5.51. The van der Waals surface area contributed by atoms with E-state index in [1.54, 1.807) is 6.92 Å². The highest BCUT2D eigenvalue weighted by molar-refractivity contribution is 7.12. The molecule has 29 heavy (non-hydrogen) atoms. The van der Waals surface area contributed by atoms with Gasteiger partial charge in [0.2, 0.25) is 5.91 Å². The molecule has 160 valence electrons. The largest absolute Gasteiger partial charge is 0.392 e. The van der Waals surface area contributed by atoms with Crippen LogP contribution in [-0.4, -0.2) is 78.1 Å². The minimum absolute atomic E-state index is 0.0542. The first-order valence-electron chi connectivity index (χ1n) is 10.8. The Balaban J connectivity index is 1.33. The van der Waals surface area contributed by atoms with Crippen molar-refractivity contribution < 1.29 is 19.4 Å². The molecule has 7 heteroatoms. The first-order chi connectivity index (χ1) is 13.9. The van der Waals surface area contributed by atoms with Crippen molar-refractivity contribution in [2.75, 3.05) is 39.4 Å². The Morgan fingerprint density at radius 3 is 2.66 bits per heavy atom. The Morgan fingerprint density at radius 1 is 1.28 bits per heavy atom. The maximum Gasteiger partial charge on any atom is 0.227 e. The van der Waals surface area contributed by atoms with Crippen LogP contribution < -0.4 is 0 Å². The van der Waals surface area contributed by atoms with Gasteiger partial charge in [0.05, 0.1) is 17.4 Å². The molecule has 1 N–H and O–H groups in total. The van der Waals surface area contributed by atoms with E-state index in [4.69, 9.17) is 4.74 Å². The molecule has 6 nitrogen and oxygen atoms in total. The number of thiophene rings is 1. The van der Waals surface area contributed by atoms with Crippen LogP contribution in [0.5, 0.6) is 0 Å². The normalized spacial score (nSPS) is 26.0. The summed E-state index contributed by atoms with van der Waals surface area (Å²) in [7, 11) is 0. The lowest BCUT2D eigenvalue weighted by Crippen LogP contribution is -2.57. The number of β-amino-alcohol motifs (C(OH)–C–C–N with tert-alkyl or cyclic N) is 1. The van der Waals surface area contributed by atoms with Gasteiger partial charge in [-0.2, -0.15) is 0 Å². The number of aliphatic hydroxyl groups is 1. The molecular weight excluding hydrogens is 388 g/mol.